The van der Waals surface area contributed by atoms with Crippen LogP contribution in [0, 0.1) is 0 Å². The fourth-order valence-electron chi connectivity index (χ4n) is 2.27. The molecule has 0 unspecified atom stereocenters. The summed E-state index contributed by atoms with van der Waals surface area (Å²) in [5.41, 5.74) is 0.356. The van der Waals surface area contributed by atoms with E-state index in [9.17, 15) is 21.6 Å². The van der Waals surface area contributed by atoms with Crippen LogP contribution >= 0.6 is 0 Å². The van der Waals surface area contributed by atoms with E-state index >= 15 is 0 Å². The number of anilines is 1. The Kier molecular flexibility index (Phi) is 5.08. The van der Waals surface area contributed by atoms with Crippen LogP contribution in [-0.4, -0.2) is 20.8 Å². The predicted octanol–water partition coefficient (Wildman–Crippen LogP) is 4.19. The third kappa shape index (κ3) is 4.00. The maximum atomic E-state index is 13.0. The van der Waals surface area contributed by atoms with Crippen molar-refractivity contribution in [2.45, 2.75) is 31.1 Å². The smallest absolute Gasteiger partial charge is 0.404 e. The van der Waals surface area contributed by atoms with Crippen LogP contribution < -0.4 is 9.04 Å². The van der Waals surface area contributed by atoms with Crippen molar-refractivity contribution in [3.63, 3.8) is 0 Å². The highest BCUT2D eigenvalue weighted by molar-refractivity contribution is 7.93. The molecule has 0 aliphatic carbocycles. The van der Waals surface area contributed by atoms with Gasteiger partial charge in [-0.3, -0.25) is 4.31 Å². The van der Waals surface area contributed by atoms with Gasteiger partial charge in [0, 0.05) is 6.04 Å². The van der Waals surface area contributed by atoms with E-state index in [-0.39, 0.29) is 0 Å². The number of alkyl halides is 3. The average Bonchev–Trinajstić information content (AvgIpc) is 2.46. The van der Waals surface area contributed by atoms with Crippen LogP contribution in [0.15, 0.2) is 59.5 Å². The summed E-state index contributed by atoms with van der Waals surface area (Å²) in [5, 5.41) is 0. The average molecular weight is 359 g/mol. The lowest BCUT2D eigenvalue weighted by atomic mass is 10.3. The molecule has 24 heavy (non-hydrogen) atoms. The van der Waals surface area contributed by atoms with Gasteiger partial charge in [-0.05, 0) is 38.1 Å². The highest BCUT2D eigenvalue weighted by atomic mass is 32.2. The normalized spacial score (nSPS) is 12.2. The number of para-hydroxylation sites is 2. The molecule has 0 fully saturated rings. The molecule has 0 amide bonds. The van der Waals surface area contributed by atoms with E-state index in [0.717, 1.165) is 16.4 Å². The number of hydrogen-bond acceptors (Lipinski definition) is 3. The first-order chi connectivity index (χ1) is 11.1. The standard InChI is InChI=1S/C16H16F3NO3S/c1-12(2)20(13-8-4-3-5-9-13)24(21,22)15-11-7-6-10-14(15)23-16(17,18)19/h3-12H,1-2H3. The number of rotatable bonds is 5. The summed E-state index contributed by atoms with van der Waals surface area (Å²) < 4.78 is 68.5. The Hall–Kier alpha value is -2.22. The molecule has 0 heterocycles. The third-order valence-corrected chi connectivity index (χ3v) is 5.13. The molecule has 0 spiro atoms. The Labute approximate surface area is 138 Å². The number of benzene rings is 2. The Morgan fingerprint density at radius 1 is 0.958 bits per heavy atom. The highest BCUT2D eigenvalue weighted by Gasteiger charge is 2.36. The lowest BCUT2D eigenvalue weighted by Crippen LogP contribution is -2.37. The van der Waals surface area contributed by atoms with Crippen molar-refractivity contribution in [3.8, 4) is 5.75 Å². The van der Waals surface area contributed by atoms with Gasteiger partial charge in [0.15, 0.2) is 0 Å². The minimum Gasteiger partial charge on any atom is -0.404 e. The van der Waals surface area contributed by atoms with Gasteiger partial charge < -0.3 is 4.74 Å². The molecule has 0 radical (unpaired) electrons. The van der Waals surface area contributed by atoms with Crippen LogP contribution in [0.5, 0.6) is 5.75 Å². The van der Waals surface area contributed by atoms with E-state index < -0.39 is 33.1 Å². The third-order valence-electron chi connectivity index (χ3n) is 3.09. The summed E-state index contributed by atoms with van der Waals surface area (Å²) in [5.74, 6) is -0.758. The zero-order chi connectivity index (χ0) is 18.0. The zero-order valence-corrected chi connectivity index (χ0v) is 13.8. The van der Waals surface area contributed by atoms with Crippen LogP contribution in [0.1, 0.15) is 13.8 Å². The minimum atomic E-state index is -4.99. The fourth-order valence-corrected chi connectivity index (χ4v) is 4.05. The molecule has 0 bridgehead atoms. The van der Waals surface area contributed by atoms with Crippen LogP contribution in [0.3, 0.4) is 0 Å². The zero-order valence-electron chi connectivity index (χ0n) is 13.0. The molecule has 4 nitrogen and oxygen atoms in total. The number of hydrogen-bond donors (Lipinski definition) is 0. The van der Waals surface area contributed by atoms with Gasteiger partial charge in [0.1, 0.15) is 10.6 Å². The van der Waals surface area contributed by atoms with E-state index in [1.54, 1.807) is 44.2 Å². The second kappa shape index (κ2) is 6.72. The molecule has 0 aliphatic heterocycles. The van der Waals surface area contributed by atoms with Crippen molar-refractivity contribution in [2.75, 3.05) is 4.31 Å². The summed E-state index contributed by atoms with van der Waals surface area (Å²) >= 11 is 0. The van der Waals surface area contributed by atoms with Gasteiger partial charge >= 0.3 is 6.36 Å². The highest BCUT2D eigenvalue weighted by Crippen LogP contribution is 2.34. The molecule has 0 saturated heterocycles. The molecular formula is C16H16F3NO3S. The summed E-state index contributed by atoms with van der Waals surface area (Å²) in [4.78, 5) is -0.542. The van der Waals surface area contributed by atoms with E-state index in [1.807, 2.05) is 0 Å². The second-order valence-electron chi connectivity index (χ2n) is 5.22. The fraction of sp³-hybridized carbons (Fsp3) is 0.250. The van der Waals surface area contributed by atoms with E-state index in [1.165, 1.54) is 12.1 Å². The first-order valence-corrected chi connectivity index (χ1v) is 8.51. The predicted molar refractivity (Wildman–Crippen MR) is 84.4 cm³/mol. The number of sulfonamides is 1. The Morgan fingerprint density at radius 3 is 2.04 bits per heavy atom. The van der Waals surface area contributed by atoms with Gasteiger partial charge in [-0.1, -0.05) is 30.3 Å². The SMILES string of the molecule is CC(C)N(c1ccccc1)S(=O)(=O)c1ccccc1OC(F)(F)F. The molecule has 0 aliphatic rings. The summed E-state index contributed by atoms with van der Waals surface area (Å²) in [6.45, 7) is 3.27. The summed E-state index contributed by atoms with van der Waals surface area (Å²) in [6, 6.07) is 12.4. The van der Waals surface area contributed by atoms with Crippen molar-refractivity contribution in [1.82, 2.24) is 0 Å². The molecule has 0 saturated carbocycles. The van der Waals surface area contributed by atoms with Gasteiger partial charge in [-0.15, -0.1) is 13.2 Å². The largest absolute Gasteiger partial charge is 0.573 e. The molecule has 2 aromatic carbocycles. The quantitative estimate of drug-likeness (QED) is 0.804. The van der Waals surface area contributed by atoms with Gasteiger partial charge in [-0.25, -0.2) is 8.42 Å². The topological polar surface area (TPSA) is 46.6 Å². The van der Waals surface area contributed by atoms with E-state index in [2.05, 4.69) is 4.74 Å². The number of nitrogens with zero attached hydrogens (tertiary/aromatic N) is 1. The number of halogens is 3. The van der Waals surface area contributed by atoms with Crippen LogP contribution in [0.4, 0.5) is 18.9 Å². The van der Waals surface area contributed by atoms with E-state index in [0.29, 0.717) is 5.69 Å². The lowest BCUT2D eigenvalue weighted by Gasteiger charge is -2.29. The van der Waals surface area contributed by atoms with E-state index in [4.69, 9.17) is 0 Å². The molecule has 2 aromatic rings. The molecule has 0 atom stereocenters. The summed E-state index contributed by atoms with van der Waals surface area (Å²) in [7, 11) is -4.25. The monoisotopic (exact) mass is 359 g/mol. The first-order valence-electron chi connectivity index (χ1n) is 7.07. The number of ether oxygens (including phenoxy) is 1. The van der Waals surface area contributed by atoms with Crippen molar-refractivity contribution in [3.05, 3.63) is 54.6 Å². The van der Waals surface area contributed by atoms with Gasteiger partial charge in [0.2, 0.25) is 0 Å². The van der Waals surface area contributed by atoms with Crippen LogP contribution in [-0.2, 0) is 10.0 Å². The van der Waals surface area contributed by atoms with Crippen LogP contribution in [0.2, 0.25) is 0 Å². The molecule has 0 N–H and O–H groups in total. The molecule has 8 heteroatoms. The lowest BCUT2D eigenvalue weighted by molar-refractivity contribution is -0.275. The van der Waals surface area contributed by atoms with Crippen molar-refractivity contribution < 1.29 is 26.3 Å². The van der Waals surface area contributed by atoms with Crippen molar-refractivity contribution in [1.29, 1.82) is 0 Å². The van der Waals surface area contributed by atoms with Crippen molar-refractivity contribution in [2.24, 2.45) is 0 Å². The van der Waals surface area contributed by atoms with Gasteiger partial charge in [0.05, 0.1) is 5.69 Å². The Bertz CT molecular complexity index is 790. The molecule has 130 valence electrons. The van der Waals surface area contributed by atoms with Gasteiger partial charge in [-0.2, -0.15) is 0 Å². The maximum absolute atomic E-state index is 13.0. The maximum Gasteiger partial charge on any atom is 0.573 e. The second-order valence-corrected chi connectivity index (χ2v) is 7.01. The van der Waals surface area contributed by atoms with Gasteiger partial charge in [0.25, 0.3) is 10.0 Å². The first kappa shape index (κ1) is 18.1. The van der Waals surface area contributed by atoms with Crippen molar-refractivity contribution >= 4 is 15.7 Å². The Balaban J connectivity index is 2.57. The Morgan fingerprint density at radius 2 is 1.50 bits per heavy atom. The molecule has 2 rings (SSSR count). The van der Waals surface area contributed by atoms with Crippen LogP contribution in [0.25, 0.3) is 0 Å². The molecule has 0 aromatic heterocycles. The minimum absolute atomic E-state index is 0.356. The summed E-state index contributed by atoms with van der Waals surface area (Å²) in [6.07, 6.45) is -4.99. The molecular weight excluding hydrogens is 343 g/mol.